The molecule has 0 aliphatic carbocycles. The van der Waals surface area contributed by atoms with Gasteiger partial charge in [-0.3, -0.25) is 5.32 Å². The number of anilines is 1. The molecule has 0 atom stereocenters. The van der Waals surface area contributed by atoms with Gasteiger partial charge in [0, 0.05) is 17.3 Å². The normalized spacial score (nSPS) is 11.3. The molecule has 2 rings (SSSR count). The second kappa shape index (κ2) is 5.51. The molecular formula is C14H20N6O. The summed E-state index contributed by atoms with van der Waals surface area (Å²) in [6.45, 7) is 9.59. The third kappa shape index (κ3) is 4.01. The SMILES string of the molecule is Cc1cc(C)n(-c2cc(NC(=O)NC(C)(C)C)ncn2)n1. The molecule has 21 heavy (non-hydrogen) atoms. The van der Waals surface area contributed by atoms with E-state index in [0.29, 0.717) is 11.6 Å². The molecule has 0 saturated heterocycles. The van der Waals surface area contributed by atoms with Crippen LogP contribution in [0.1, 0.15) is 32.2 Å². The highest BCUT2D eigenvalue weighted by Gasteiger charge is 2.14. The number of aryl methyl sites for hydroxylation is 2. The number of hydrogen-bond donors (Lipinski definition) is 2. The third-order valence-corrected chi connectivity index (χ3v) is 2.61. The zero-order chi connectivity index (χ0) is 15.6. The summed E-state index contributed by atoms with van der Waals surface area (Å²) in [5.74, 6) is 1.04. The first-order valence-electron chi connectivity index (χ1n) is 6.69. The summed E-state index contributed by atoms with van der Waals surface area (Å²) >= 11 is 0. The fourth-order valence-corrected chi connectivity index (χ4v) is 1.88. The van der Waals surface area contributed by atoms with E-state index in [9.17, 15) is 4.79 Å². The fourth-order valence-electron chi connectivity index (χ4n) is 1.88. The smallest absolute Gasteiger partial charge is 0.320 e. The molecule has 2 aromatic heterocycles. The van der Waals surface area contributed by atoms with Crippen molar-refractivity contribution < 1.29 is 4.79 Å². The topological polar surface area (TPSA) is 84.7 Å². The Morgan fingerprint density at radius 3 is 2.48 bits per heavy atom. The Morgan fingerprint density at radius 1 is 1.19 bits per heavy atom. The monoisotopic (exact) mass is 288 g/mol. The molecule has 0 radical (unpaired) electrons. The Morgan fingerprint density at radius 2 is 1.90 bits per heavy atom. The molecule has 7 heteroatoms. The maximum Gasteiger partial charge on any atom is 0.320 e. The van der Waals surface area contributed by atoms with Gasteiger partial charge in [0.1, 0.15) is 12.1 Å². The number of rotatable bonds is 2. The van der Waals surface area contributed by atoms with Gasteiger partial charge >= 0.3 is 6.03 Å². The van der Waals surface area contributed by atoms with Gasteiger partial charge in [-0.15, -0.1) is 0 Å². The molecule has 0 aliphatic heterocycles. The molecule has 2 aromatic rings. The molecule has 2 N–H and O–H groups in total. The summed E-state index contributed by atoms with van der Waals surface area (Å²) in [6, 6.07) is 3.34. The van der Waals surface area contributed by atoms with Crippen LogP contribution < -0.4 is 10.6 Å². The van der Waals surface area contributed by atoms with Crippen molar-refractivity contribution in [3.8, 4) is 5.82 Å². The summed E-state index contributed by atoms with van der Waals surface area (Å²) in [5, 5.41) is 9.86. The number of carbonyl (C=O) groups is 1. The van der Waals surface area contributed by atoms with E-state index in [1.54, 1.807) is 10.7 Å². The van der Waals surface area contributed by atoms with Crippen LogP contribution >= 0.6 is 0 Å². The second-order valence-corrected chi connectivity index (χ2v) is 5.93. The van der Waals surface area contributed by atoms with E-state index < -0.39 is 0 Å². The minimum absolute atomic E-state index is 0.305. The van der Waals surface area contributed by atoms with Crippen molar-refractivity contribution in [1.29, 1.82) is 0 Å². The highest BCUT2D eigenvalue weighted by atomic mass is 16.2. The van der Waals surface area contributed by atoms with E-state index in [2.05, 4.69) is 25.7 Å². The lowest BCUT2D eigenvalue weighted by Crippen LogP contribution is -2.43. The fraction of sp³-hybridized carbons (Fsp3) is 0.429. The van der Waals surface area contributed by atoms with Gasteiger partial charge in [-0.05, 0) is 40.7 Å². The lowest BCUT2D eigenvalue weighted by atomic mass is 10.1. The van der Waals surface area contributed by atoms with Gasteiger partial charge in [-0.25, -0.2) is 19.4 Å². The van der Waals surface area contributed by atoms with Gasteiger partial charge in [0.2, 0.25) is 0 Å². The van der Waals surface area contributed by atoms with Crippen molar-refractivity contribution in [3.05, 3.63) is 29.8 Å². The third-order valence-electron chi connectivity index (χ3n) is 2.61. The van der Waals surface area contributed by atoms with Crippen molar-refractivity contribution in [2.24, 2.45) is 0 Å². The summed E-state index contributed by atoms with van der Waals surface area (Å²) in [4.78, 5) is 20.1. The number of aromatic nitrogens is 4. The maximum absolute atomic E-state index is 11.8. The largest absolute Gasteiger partial charge is 0.333 e. The molecule has 2 heterocycles. The van der Waals surface area contributed by atoms with Crippen LogP contribution in [0.3, 0.4) is 0 Å². The Hall–Kier alpha value is -2.44. The predicted octanol–water partition coefficient (Wildman–Crippen LogP) is 2.20. The van der Waals surface area contributed by atoms with Crippen molar-refractivity contribution in [2.45, 2.75) is 40.2 Å². The number of amides is 2. The average Bonchev–Trinajstić information content (AvgIpc) is 2.66. The number of carbonyl (C=O) groups excluding carboxylic acids is 1. The molecule has 0 fully saturated rings. The van der Waals surface area contributed by atoms with Crippen LogP contribution in [0, 0.1) is 13.8 Å². The lowest BCUT2D eigenvalue weighted by molar-refractivity contribution is 0.243. The van der Waals surface area contributed by atoms with Gasteiger partial charge < -0.3 is 5.32 Å². The average molecular weight is 288 g/mol. The van der Waals surface area contributed by atoms with E-state index in [4.69, 9.17) is 0 Å². The van der Waals surface area contributed by atoms with E-state index in [-0.39, 0.29) is 11.6 Å². The van der Waals surface area contributed by atoms with Crippen LogP contribution in [0.15, 0.2) is 18.5 Å². The van der Waals surface area contributed by atoms with E-state index in [1.807, 2.05) is 40.7 Å². The Labute approximate surface area is 123 Å². The van der Waals surface area contributed by atoms with Crippen LogP contribution in [0.2, 0.25) is 0 Å². The summed E-state index contributed by atoms with van der Waals surface area (Å²) in [6.07, 6.45) is 1.40. The molecule has 112 valence electrons. The van der Waals surface area contributed by atoms with Crippen LogP contribution in [-0.2, 0) is 0 Å². The van der Waals surface area contributed by atoms with Gasteiger partial charge in [-0.1, -0.05) is 0 Å². The van der Waals surface area contributed by atoms with E-state index in [1.165, 1.54) is 6.33 Å². The highest BCUT2D eigenvalue weighted by Crippen LogP contribution is 2.12. The first kappa shape index (κ1) is 15.0. The molecule has 0 saturated carbocycles. The minimum Gasteiger partial charge on any atom is -0.333 e. The van der Waals surface area contributed by atoms with Gasteiger partial charge in [0.15, 0.2) is 5.82 Å². The van der Waals surface area contributed by atoms with Crippen molar-refractivity contribution in [3.63, 3.8) is 0 Å². The minimum atomic E-state index is -0.310. The van der Waals surface area contributed by atoms with Crippen LogP contribution in [-0.4, -0.2) is 31.3 Å². The number of nitrogens with one attached hydrogen (secondary N) is 2. The summed E-state index contributed by atoms with van der Waals surface area (Å²) in [5.41, 5.74) is 1.57. The standard InChI is InChI=1S/C14H20N6O/c1-9-6-10(2)20(19-9)12-7-11(15-8-16-12)17-13(21)18-14(3,4)5/h6-8H,1-5H3,(H2,15,16,17,18,21). The molecule has 0 unspecified atom stereocenters. The Kier molecular flexibility index (Phi) is 3.93. The molecule has 0 aliphatic rings. The molecule has 7 nitrogen and oxygen atoms in total. The van der Waals surface area contributed by atoms with Gasteiger partial charge in [0.05, 0.1) is 5.69 Å². The van der Waals surface area contributed by atoms with Crippen LogP contribution in [0.25, 0.3) is 5.82 Å². The number of nitrogens with zero attached hydrogens (tertiary/aromatic N) is 4. The second-order valence-electron chi connectivity index (χ2n) is 5.93. The van der Waals surface area contributed by atoms with E-state index >= 15 is 0 Å². The van der Waals surface area contributed by atoms with Crippen molar-refractivity contribution in [2.75, 3.05) is 5.32 Å². The van der Waals surface area contributed by atoms with Crippen molar-refractivity contribution in [1.82, 2.24) is 25.1 Å². The van der Waals surface area contributed by atoms with Gasteiger partial charge in [0.25, 0.3) is 0 Å². The first-order valence-corrected chi connectivity index (χ1v) is 6.69. The predicted molar refractivity (Wildman–Crippen MR) is 80.5 cm³/mol. The number of urea groups is 1. The highest BCUT2D eigenvalue weighted by molar-refractivity contribution is 5.88. The molecule has 0 spiro atoms. The molecule has 0 aromatic carbocycles. The lowest BCUT2D eigenvalue weighted by Gasteiger charge is -2.20. The van der Waals surface area contributed by atoms with Crippen LogP contribution in [0.5, 0.6) is 0 Å². The van der Waals surface area contributed by atoms with Crippen LogP contribution in [0.4, 0.5) is 10.6 Å². The zero-order valence-corrected chi connectivity index (χ0v) is 12.9. The maximum atomic E-state index is 11.8. The first-order chi connectivity index (χ1) is 9.74. The summed E-state index contributed by atoms with van der Waals surface area (Å²) < 4.78 is 1.71. The van der Waals surface area contributed by atoms with E-state index in [0.717, 1.165) is 11.4 Å². The Balaban J connectivity index is 2.19. The Bertz CT molecular complexity index is 656. The van der Waals surface area contributed by atoms with Crippen molar-refractivity contribution >= 4 is 11.8 Å². The summed E-state index contributed by atoms with van der Waals surface area (Å²) in [7, 11) is 0. The quantitative estimate of drug-likeness (QED) is 0.887. The molecule has 2 amide bonds. The molecule has 0 bridgehead atoms. The van der Waals surface area contributed by atoms with Gasteiger partial charge in [-0.2, -0.15) is 5.10 Å². The number of hydrogen-bond acceptors (Lipinski definition) is 4. The molecular weight excluding hydrogens is 268 g/mol. The zero-order valence-electron chi connectivity index (χ0n) is 12.9.